The van der Waals surface area contributed by atoms with Crippen molar-refractivity contribution in [2.45, 2.75) is 52.1 Å². The molecule has 3 N–H and O–H groups in total. The number of rotatable bonds is 10. The van der Waals surface area contributed by atoms with Gasteiger partial charge in [-0.2, -0.15) is 4.98 Å². The summed E-state index contributed by atoms with van der Waals surface area (Å²) in [4.78, 5) is 50.3. The number of carbonyl (C=O) groups is 3. The minimum Gasteiger partial charge on any atom is -0.481 e. The number of amides is 2. The van der Waals surface area contributed by atoms with Gasteiger partial charge in [-0.3, -0.25) is 14.4 Å². The van der Waals surface area contributed by atoms with Gasteiger partial charge in [0.2, 0.25) is 17.7 Å². The van der Waals surface area contributed by atoms with Gasteiger partial charge >= 0.3 is 5.97 Å². The Hall–Kier alpha value is -4.47. The lowest BCUT2D eigenvalue weighted by molar-refractivity contribution is -0.138. The highest BCUT2D eigenvalue weighted by Crippen LogP contribution is 2.34. The molecule has 2 aromatic carbocycles. The predicted molar refractivity (Wildman–Crippen MR) is 147 cm³/mol. The zero-order valence-corrected chi connectivity index (χ0v) is 22.3. The third kappa shape index (κ3) is 6.51. The lowest BCUT2D eigenvalue weighted by Crippen LogP contribution is -2.44. The summed E-state index contributed by atoms with van der Waals surface area (Å²) in [5, 5.41) is 9.65. The molecule has 0 fully saturated rings. The van der Waals surface area contributed by atoms with E-state index in [4.69, 9.17) is 10.5 Å². The second kappa shape index (κ2) is 11.9. The molecule has 0 saturated carbocycles. The molecule has 1 atom stereocenters. The third-order valence-corrected chi connectivity index (χ3v) is 6.54. The smallest absolute Gasteiger partial charge is 0.305 e. The largest absolute Gasteiger partial charge is 0.481 e. The molecule has 4 rings (SSSR count). The average molecular weight is 532 g/mol. The number of anilines is 2. The Morgan fingerprint density at radius 3 is 2.51 bits per heavy atom. The van der Waals surface area contributed by atoms with Gasteiger partial charge in [0.1, 0.15) is 6.54 Å². The summed E-state index contributed by atoms with van der Waals surface area (Å²) in [5.74, 6) is -1.13. The third-order valence-electron chi connectivity index (χ3n) is 6.54. The number of ether oxygens (including phenoxy) is 1. The van der Waals surface area contributed by atoms with Crippen LogP contribution in [0.1, 0.15) is 59.9 Å². The predicted octanol–water partition coefficient (Wildman–Crippen LogP) is 3.79. The second-order valence-corrected chi connectivity index (χ2v) is 9.82. The fourth-order valence-corrected chi connectivity index (χ4v) is 4.86. The van der Waals surface area contributed by atoms with E-state index >= 15 is 0 Å². The summed E-state index contributed by atoms with van der Waals surface area (Å²) >= 11 is 0. The number of hydrogen-bond acceptors (Lipinski definition) is 7. The second-order valence-electron chi connectivity index (χ2n) is 9.82. The van der Waals surface area contributed by atoms with Crippen LogP contribution in [-0.4, -0.2) is 57.0 Å². The topological polar surface area (TPSA) is 139 Å². The molecule has 39 heavy (non-hydrogen) atoms. The van der Waals surface area contributed by atoms with E-state index in [2.05, 4.69) is 9.97 Å². The van der Waals surface area contributed by atoms with Gasteiger partial charge in [-0.1, -0.05) is 36.4 Å². The Morgan fingerprint density at radius 2 is 1.85 bits per heavy atom. The highest BCUT2D eigenvalue weighted by Gasteiger charge is 2.37. The summed E-state index contributed by atoms with van der Waals surface area (Å²) in [5.41, 5.74) is 8.86. The molecule has 1 aromatic heterocycles. The van der Waals surface area contributed by atoms with E-state index in [1.54, 1.807) is 47.4 Å². The summed E-state index contributed by atoms with van der Waals surface area (Å²) in [6.07, 6.45) is 0.954. The quantitative estimate of drug-likeness (QED) is 0.377. The Balaban J connectivity index is 1.61. The van der Waals surface area contributed by atoms with Gasteiger partial charge in [-0.25, -0.2) is 4.98 Å². The van der Waals surface area contributed by atoms with E-state index in [0.717, 1.165) is 5.56 Å². The standard InChI is InChI=1S/C29H33N5O5/c1-18(2)34-23-12-11-20(8-7-13-39-25-14-19(3)31-29(30)32-25)15-22(23)28(38)33(17-26(34)35)24(16-27(36)37)21-9-5-4-6-10-21/h4-6,9-12,14-15,18,24H,7-8,13,16-17H2,1-3H3,(H,36,37)(H2,30,31,32). The molecular weight excluding hydrogens is 498 g/mol. The van der Waals surface area contributed by atoms with Crippen LogP contribution >= 0.6 is 0 Å². The number of hydrogen-bond donors (Lipinski definition) is 2. The number of benzene rings is 2. The Morgan fingerprint density at radius 1 is 1.10 bits per heavy atom. The number of aryl methyl sites for hydroxylation is 2. The lowest BCUT2D eigenvalue weighted by Gasteiger charge is -2.30. The van der Waals surface area contributed by atoms with E-state index in [-0.39, 0.29) is 36.8 Å². The van der Waals surface area contributed by atoms with Crippen LogP contribution in [-0.2, 0) is 16.0 Å². The molecule has 2 heterocycles. The van der Waals surface area contributed by atoms with Crippen molar-refractivity contribution in [1.82, 2.24) is 14.9 Å². The number of fused-ring (bicyclic) bond motifs is 1. The molecule has 10 nitrogen and oxygen atoms in total. The van der Waals surface area contributed by atoms with Gasteiger partial charge in [0.25, 0.3) is 5.91 Å². The summed E-state index contributed by atoms with van der Waals surface area (Å²) in [7, 11) is 0. The average Bonchev–Trinajstić information content (AvgIpc) is 2.99. The molecule has 0 bridgehead atoms. The summed E-state index contributed by atoms with van der Waals surface area (Å²) < 4.78 is 5.73. The maximum atomic E-state index is 14.0. The minimum atomic E-state index is -1.05. The van der Waals surface area contributed by atoms with Crippen LogP contribution in [0.3, 0.4) is 0 Å². The van der Waals surface area contributed by atoms with Crippen LogP contribution in [0, 0.1) is 6.92 Å². The highest BCUT2D eigenvalue weighted by atomic mass is 16.5. The number of nitrogens with two attached hydrogens (primary N) is 1. The first-order valence-corrected chi connectivity index (χ1v) is 12.9. The first-order valence-electron chi connectivity index (χ1n) is 12.9. The van der Waals surface area contributed by atoms with Crippen molar-refractivity contribution in [3.8, 4) is 5.88 Å². The zero-order chi connectivity index (χ0) is 28.1. The van der Waals surface area contributed by atoms with Gasteiger partial charge < -0.3 is 25.4 Å². The van der Waals surface area contributed by atoms with Crippen molar-refractivity contribution in [1.29, 1.82) is 0 Å². The van der Waals surface area contributed by atoms with Gasteiger partial charge in [-0.05, 0) is 56.9 Å². The zero-order valence-electron chi connectivity index (χ0n) is 22.3. The fraction of sp³-hybridized carbons (Fsp3) is 0.345. The monoisotopic (exact) mass is 531 g/mol. The summed E-state index contributed by atoms with van der Waals surface area (Å²) in [6.45, 7) is 5.76. The first-order chi connectivity index (χ1) is 18.6. The number of carbonyl (C=O) groups excluding carboxylic acids is 2. The van der Waals surface area contributed by atoms with Crippen LogP contribution in [0.25, 0.3) is 0 Å². The first kappa shape index (κ1) is 27.6. The molecule has 0 aliphatic carbocycles. The SMILES string of the molecule is Cc1cc(OCCCc2ccc3c(c2)C(=O)N(C(CC(=O)O)c2ccccc2)CC(=O)N3C(C)C)nc(N)n1. The van der Waals surface area contributed by atoms with Gasteiger partial charge in [0, 0.05) is 17.8 Å². The molecule has 1 aliphatic rings. The summed E-state index contributed by atoms with van der Waals surface area (Å²) in [6, 6.07) is 15.2. The van der Waals surface area contributed by atoms with Crippen molar-refractivity contribution < 1.29 is 24.2 Å². The lowest BCUT2D eigenvalue weighted by atomic mass is 9.99. The highest BCUT2D eigenvalue weighted by molar-refractivity contribution is 6.10. The van der Waals surface area contributed by atoms with Crippen LogP contribution in [0.2, 0.25) is 0 Å². The molecule has 204 valence electrons. The van der Waals surface area contributed by atoms with E-state index in [0.29, 0.717) is 47.8 Å². The fourth-order valence-electron chi connectivity index (χ4n) is 4.86. The van der Waals surface area contributed by atoms with E-state index in [1.807, 2.05) is 32.9 Å². The number of aromatic nitrogens is 2. The Kier molecular flexibility index (Phi) is 8.43. The number of carboxylic acid groups (broad SMARTS) is 1. The number of nitrogen functional groups attached to an aromatic ring is 1. The van der Waals surface area contributed by atoms with Crippen molar-refractivity contribution >= 4 is 29.4 Å². The molecule has 0 spiro atoms. The molecule has 10 heteroatoms. The van der Waals surface area contributed by atoms with E-state index in [1.165, 1.54) is 4.90 Å². The Bertz CT molecular complexity index is 1340. The maximum Gasteiger partial charge on any atom is 0.305 e. The number of aliphatic carboxylic acids is 1. The molecule has 2 amide bonds. The number of nitrogens with zero attached hydrogens (tertiary/aromatic N) is 4. The van der Waals surface area contributed by atoms with Gasteiger partial charge in [0.15, 0.2) is 0 Å². The minimum absolute atomic E-state index is 0.153. The van der Waals surface area contributed by atoms with Crippen molar-refractivity contribution in [3.63, 3.8) is 0 Å². The van der Waals surface area contributed by atoms with Crippen molar-refractivity contribution in [3.05, 3.63) is 77.0 Å². The van der Waals surface area contributed by atoms with Crippen molar-refractivity contribution in [2.75, 3.05) is 23.8 Å². The molecular formula is C29H33N5O5. The van der Waals surface area contributed by atoms with Gasteiger partial charge in [-0.15, -0.1) is 0 Å². The Labute approximate surface area is 227 Å². The molecule has 1 unspecified atom stereocenters. The number of carboxylic acids is 1. The molecule has 3 aromatic rings. The van der Waals surface area contributed by atoms with Crippen LogP contribution < -0.4 is 15.4 Å². The van der Waals surface area contributed by atoms with Crippen molar-refractivity contribution in [2.24, 2.45) is 0 Å². The normalized spacial score (nSPS) is 14.3. The van der Waals surface area contributed by atoms with Crippen LogP contribution in [0.15, 0.2) is 54.6 Å². The van der Waals surface area contributed by atoms with E-state index in [9.17, 15) is 19.5 Å². The molecule has 0 saturated heterocycles. The molecule has 0 radical (unpaired) electrons. The van der Waals surface area contributed by atoms with Gasteiger partial charge in [0.05, 0.1) is 30.3 Å². The molecule has 1 aliphatic heterocycles. The maximum absolute atomic E-state index is 14.0. The van der Waals surface area contributed by atoms with Crippen LogP contribution in [0.5, 0.6) is 5.88 Å². The van der Waals surface area contributed by atoms with Crippen LogP contribution in [0.4, 0.5) is 11.6 Å². The van der Waals surface area contributed by atoms with E-state index < -0.39 is 12.0 Å².